The Balaban J connectivity index is 2.34. The van der Waals surface area contributed by atoms with Gasteiger partial charge in [-0.15, -0.1) is 0 Å². The van der Waals surface area contributed by atoms with Crippen molar-refractivity contribution >= 4 is 27.4 Å². The van der Waals surface area contributed by atoms with Crippen LogP contribution in [0.4, 0.5) is 11.5 Å². The number of rotatable bonds is 3. The van der Waals surface area contributed by atoms with E-state index < -0.39 is 0 Å². The fourth-order valence-electron chi connectivity index (χ4n) is 1.78. The molecule has 5 heteroatoms. The van der Waals surface area contributed by atoms with Crippen LogP contribution in [0.3, 0.4) is 0 Å². The molecular formula is C10H14BrN3O. The molecule has 82 valence electrons. The van der Waals surface area contributed by atoms with Crippen LogP contribution in [0.25, 0.3) is 0 Å². The average Bonchev–Trinajstić information content (AvgIpc) is 2.56. The lowest BCUT2D eigenvalue weighted by molar-refractivity contribution is 0.198. The smallest absolute Gasteiger partial charge is 0.155 e. The first kappa shape index (κ1) is 10.7. The number of hydrogen-bond donors (Lipinski definition) is 0. The second-order valence-corrected chi connectivity index (χ2v) is 4.37. The highest BCUT2D eigenvalue weighted by molar-refractivity contribution is 9.10. The standard InChI is InChI=1S/C10H14BrN3O/c1-3-13-6-14(7-15-2)10-9(13)4-8(11)5-12-10/h4-5H,3,6-7H2,1-2H3. The zero-order valence-electron chi connectivity index (χ0n) is 8.90. The molecule has 0 fully saturated rings. The van der Waals surface area contributed by atoms with E-state index in [4.69, 9.17) is 4.74 Å². The Morgan fingerprint density at radius 3 is 3.00 bits per heavy atom. The van der Waals surface area contributed by atoms with Crippen LogP contribution in [0.5, 0.6) is 0 Å². The van der Waals surface area contributed by atoms with Crippen LogP contribution in [0.15, 0.2) is 16.7 Å². The summed E-state index contributed by atoms with van der Waals surface area (Å²) >= 11 is 3.44. The highest BCUT2D eigenvalue weighted by Gasteiger charge is 2.25. The summed E-state index contributed by atoms with van der Waals surface area (Å²) in [6, 6.07) is 2.10. The van der Waals surface area contributed by atoms with Gasteiger partial charge in [0.05, 0.1) is 12.4 Å². The van der Waals surface area contributed by atoms with Crippen LogP contribution >= 0.6 is 15.9 Å². The van der Waals surface area contributed by atoms with E-state index in [1.165, 1.54) is 5.69 Å². The third-order valence-corrected chi connectivity index (χ3v) is 2.90. The van der Waals surface area contributed by atoms with Crippen molar-refractivity contribution in [3.63, 3.8) is 0 Å². The highest BCUT2D eigenvalue weighted by atomic mass is 79.9. The maximum absolute atomic E-state index is 5.15. The number of methoxy groups -OCH3 is 1. The molecule has 0 bridgehead atoms. The summed E-state index contributed by atoms with van der Waals surface area (Å²) < 4.78 is 6.17. The van der Waals surface area contributed by atoms with Gasteiger partial charge in [0.1, 0.15) is 6.73 Å². The number of nitrogens with zero attached hydrogens (tertiary/aromatic N) is 3. The maximum Gasteiger partial charge on any atom is 0.155 e. The number of pyridine rings is 1. The molecule has 0 radical (unpaired) electrons. The Hall–Kier alpha value is -0.810. The Morgan fingerprint density at radius 2 is 2.33 bits per heavy atom. The topological polar surface area (TPSA) is 28.6 Å². The van der Waals surface area contributed by atoms with Crippen molar-refractivity contribution in [3.05, 3.63) is 16.7 Å². The number of ether oxygens (including phenoxy) is 1. The molecule has 0 spiro atoms. The molecule has 1 aliphatic heterocycles. The number of fused-ring (bicyclic) bond motifs is 1. The molecule has 0 unspecified atom stereocenters. The summed E-state index contributed by atoms with van der Waals surface area (Å²) in [6.45, 7) is 4.55. The Bertz CT molecular complexity index is 359. The second kappa shape index (κ2) is 4.37. The predicted octanol–water partition coefficient (Wildman–Crippen LogP) is 2.05. The van der Waals surface area contributed by atoms with Crippen LogP contribution in [-0.4, -0.2) is 32.0 Å². The van der Waals surface area contributed by atoms with Crippen molar-refractivity contribution in [2.75, 3.05) is 36.9 Å². The van der Waals surface area contributed by atoms with Gasteiger partial charge in [-0.3, -0.25) is 0 Å². The molecule has 0 atom stereocenters. The monoisotopic (exact) mass is 271 g/mol. The third kappa shape index (κ3) is 1.94. The molecule has 1 aromatic heterocycles. The minimum atomic E-state index is 0.581. The summed E-state index contributed by atoms with van der Waals surface area (Å²) in [7, 11) is 1.70. The minimum absolute atomic E-state index is 0.581. The highest BCUT2D eigenvalue weighted by Crippen LogP contribution is 2.35. The molecule has 4 nitrogen and oxygen atoms in total. The van der Waals surface area contributed by atoms with Crippen molar-refractivity contribution < 1.29 is 4.74 Å². The van der Waals surface area contributed by atoms with Gasteiger partial charge in [-0.1, -0.05) is 0 Å². The van der Waals surface area contributed by atoms with Gasteiger partial charge < -0.3 is 14.5 Å². The summed E-state index contributed by atoms with van der Waals surface area (Å²) in [6.07, 6.45) is 1.82. The van der Waals surface area contributed by atoms with Crippen molar-refractivity contribution in [2.45, 2.75) is 6.92 Å². The molecule has 2 rings (SSSR count). The lowest BCUT2D eigenvalue weighted by Crippen LogP contribution is -2.32. The molecule has 0 aromatic carbocycles. The largest absolute Gasteiger partial charge is 0.364 e. The first-order valence-electron chi connectivity index (χ1n) is 4.90. The summed E-state index contributed by atoms with van der Waals surface area (Å²) in [5.74, 6) is 1.00. The van der Waals surface area contributed by atoms with Crippen LogP contribution in [-0.2, 0) is 4.74 Å². The number of aromatic nitrogens is 1. The molecule has 1 aliphatic rings. The van der Waals surface area contributed by atoms with Gasteiger partial charge in [-0.05, 0) is 28.9 Å². The number of halogens is 1. The molecule has 2 heterocycles. The van der Waals surface area contributed by atoms with Crippen LogP contribution in [0.2, 0.25) is 0 Å². The van der Waals surface area contributed by atoms with Crippen molar-refractivity contribution in [1.29, 1.82) is 0 Å². The van der Waals surface area contributed by atoms with Gasteiger partial charge in [-0.2, -0.15) is 0 Å². The maximum atomic E-state index is 5.15. The van der Waals surface area contributed by atoms with Crippen molar-refractivity contribution in [2.24, 2.45) is 0 Å². The van der Waals surface area contributed by atoms with Crippen LogP contribution in [0, 0.1) is 0 Å². The van der Waals surface area contributed by atoms with E-state index in [9.17, 15) is 0 Å². The second-order valence-electron chi connectivity index (χ2n) is 3.45. The summed E-state index contributed by atoms with van der Waals surface area (Å²) in [5, 5.41) is 0. The lowest BCUT2D eigenvalue weighted by Gasteiger charge is -2.18. The SMILES string of the molecule is CCN1CN(COC)c2ncc(Br)cc21. The Morgan fingerprint density at radius 1 is 1.53 bits per heavy atom. The minimum Gasteiger partial charge on any atom is -0.364 e. The number of anilines is 2. The predicted molar refractivity (Wildman–Crippen MR) is 64.2 cm³/mol. The summed E-state index contributed by atoms with van der Waals surface area (Å²) in [5.41, 5.74) is 1.17. The lowest BCUT2D eigenvalue weighted by atomic mass is 10.3. The number of hydrogen-bond acceptors (Lipinski definition) is 4. The van der Waals surface area contributed by atoms with E-state index in [2.05, 4.69) is 43.7 Å². The van der Waals surface area contributed by atoms with Crippen LogP contribution < -0.4 is 9.80 Å². The molecule has 1 aromatic rings. The zero-order chi connectivity index (χ0) is 10.8. The first-order chi connectivity index (χ1) is 7.26. The van der Waals surface area contributed by atoms with Crippen molar-refractivity contribution in [1.82, 2.24) is 4.98 Å². The van der Waals surface area contributed by atoms with Gasteiger partial charge in [-0.25, -0.2) is 4.98 Å². The van der Waals surface area contributed by atoms with E-state index >= 15 is 0 Å². The fourth-order valence-corrected chi connectivity index (χ4v) is 2.09. The van der Waals surface area contributed by atoms with E-state index in [0.717, 1.165) is 23.5 Å². The van der Waals surface area contributed by atoms with E-state index in [-0.39, 0.29) is 0 Å². The molecular weight excluding hydrogens is 258 g/mol. The normalized spacial score (nSPS) is 14.6. The third-order valence-electron chi connectivity index (χ3n) is 2.46. The van der Waals surface area contributed by atoms with Gasteiger partial charge in [0.15, 0.2) is 5.82 Å². The quantitative estimate of drug-likeness (QED) is 0.842. The van der Waals surface area contributed by atoms with Crippen LogP contribution in [0.1, 0.15) is 6.92 Å². The molecule has 0 N–H and O–H groups in total. The molecule has 0 saturated carbocycles. The van der Waals surface area contributed by atoms with E-state index in [1.54, 1.807) is 7.11 Å². The molecule has 0 saturated heterocycles. The Labute approximate surface area is 98.0 Å². The van der Waals surface area contributed by atoms with Crippen molar-refractivity contribution in [3.8, 4) is 0 Å². The fraction of sp³-hybridized carbons (Fsp3) is 0.500. The molecule has 0 aliphatic carbocycles. The zero-order valence-corrected chi connectivity index (χ0v) is 10.5. The van der Waals surface area contributed by atoms with Gasteiger partial charge in [0.25, 0.3) is 0 Å². The van der Waals surface area contributed by atoms with Gasteiger partial charge >= 0.3 is 0 Å². The Kier molecular flexibility index (Phi) is 3.11. The molecule has 0 amide bonds. The van der Waals surface area contributed by atoms with E-state index in [0.29, 0.717) is 6.73 Å². The first-order valence-corrected chi connectivity index (χ1v) is 5.70. The van der Waals surface area contributed by atoms with Gasteiger partial charge in [0.2, 0.25) is 0 Å². The average molecular weight is 272 g/mol. The molecule has 15 heavy (non-hydrogen) atoms. The van der Waals surface area contributed by atoms with Gasteiger partial charge in [0, 0.05) is 24.3 Å². The van der Waals surface area contributed by atoms with E-state index in [1.807, 2.05) is 6.20 Å². The summed E-state index contributed by atoms with van der Waals surface area (Å²) in [4.78, 5) is 8.80.